The Balaban J connectivity index is 1.34. The summed E-state index contributed by atoms with van der Waals surface area (Å²) in [6, 6.07) is 14.6. The van der Waals surface area contributed by atoms with Crippen LogP contribution >= 0.6 is 0 Å². The van der Waals surface area contributed by atoms with Gasteiger partial charge in [-0.15, -0.1) is 0 Å². The molecule has 6 unspecified atom stereocenters. The highest BCUT2D eigenvalue weighted by Crippen LogP contribution is 2.46. The van der Waals surface area contributed by atoms with Crippen molar-refractivity contribution < 1.29 is 39.1 Å². The van der Waals surface area contributed by atoms with Crippen molar-refractivity contribution in [1.82, 2.24) is 0 Å². The SMILES string of the molecule is CC(COc1ccccc1)CC(O)/C=C/C1C(O)CC2Oc3c(OCC(=O)O)cccc3OC21. The van der Waals surface area contributed by atoms with E-state index in [1.807, 2.05) is 37.3 Å². The standard InChI is InChI=1S/C26H30O8/c1-16(14-31-18-6-3-2-4-7-18)12-17(27)10-11-19-20(28)13-23-25(19)33-22-9-5-8-21(26(22)34-23)32-15-24(29)30/h2-11,16-17,19-20,23,25,27-28H,12-15H2,1H3,(H,29,30)/b11-10+. The fraction of sp³-hybridized carbons (Fsp3) is 0.423. The fourth-order valence-electron chi connectivity index (χ4n) is 4.33. The van der Waals surface area contributed by atoms with Gasteiger partial charge in [0.05, 0.1) is 18.8 Å². The Hall–Kier alpha value is -3.23. The first-order valence-electron chi connectivity index (χ1n) is 11.4. The first kappa shape index (κ1) is 23.9. The van der Waals surface area contributed by atoms with Crippen LogP contribution in [-0.4, -0.2) is 58.9 Å². The molecule has 182 valence electrons. The molecule has 0 radical (unpaired) electrons. The number of aliphatic carboxylic acids is 1. The van der Waals surface area contributed by atoms with Crippen molar-refractivity contribution in [2.24, 2.45) is 11.8 Å². The highest BCUT2D eigenvalue weighted by molar-refractivity contribution is 5.69. The minimum atomic E-state index is -1.09. The smallest absolute Gasteiger partial charge is 0.341 e. The Labute approximate surface area is 198 Å². The van der Waals surface area contributed by atoms with Crippen LogP contribution in [0.4, 0.5) is 0 Å². The van der Waals surface area contributed by atoms with Gasteiger partial charge in [0.15, 0.2) is 18.1 Å². The van der Waals surface area contributed by atoms with E-state index < -0.39 is 37.0 Å². The minimum Gasteiger partial charge on any atom is -0.493 e. The van der Waals surface area contributed by atoms with Gasteiger partial charge in [0.25, 0.3) is 0 Å². The molecule has 2 aromatic carbocycles. The topological polar surface area (TPSA) is 115 Å². The molecule has 2 aliphatic rings. The average Bonchev–Trinajstić information content (AvgIpc) is 3.13. The van der Waals surface area contributed by atoms with E-state index in [4.69, 9.17) is 24.1 Å². The summed E-state index contributed by atoms with van der Waals surface area (Å²) in [7, 11) is 0. The summed E-state index contributed by atoms with van der Waals surface area (Å²) < 4.78 is 23.2. The number of carboxylic acids is 1. The molecule has 0 amide bonds. The Kier molecular flexibility index (Phi) is 7.59. The molecule has 1 aliphatic carbocycles. The molecular weight excluding hydrogens is 440 g/mol. The number of rotatable bonds is 10. The Morgan fingerprint density at radius 1 is 1.15 bits per heavy atom. The van der Waals surface area contributed by atoms with E-state index in [-0.39, 0.29) is 17.6 Å². The van der Waals surface area contributed by atoms with Crippen LogP contribution in [0, 0.1) is 11.8 Å². The summed E-state index contributed by atoms with van der Waals surface area (Å²) in [6.45, 7) is 2.01. The third kappa shape index (κ3) is 5.81. The lowest BCUT2D eigenvalue weighted by atomic mass is 9.99. The monoisotopic (exact) mass is 470 g/mol. The van der Waals surface area contributed by atoms with Gasteiger partial charge in [0.1, 0.15) is 18.0 Å². The lowest BCUT2D eigenvalue weighted by molar-refractivity contribution is -0.139. The number of hydrogen-bond donors (Lipinski definition) is 3. The quantitative estimate of drug-likeness (QED) is 0.454. The largest absolute Gasteiger partial charge is 0.493 e. The number of aliphatic hydroxyl groups is 2. The zero-order chi connectivity index (χ0) is 24.1. The molecule has 1 fully saturated rings. The number of aliphatic hydroxyl groups excluding tert-OH is 2. The maximum Gasteiger partial charge on any atom is 0.341 e. The number of benzene rings is 2. The molecule has 1 heterocycles. The number of fused-ring (bicyclic) bond motifs is 2. The molecule has 6 atom stereocenters. The van der Waals surface area contributed by atoms with E-state index in [9.17, 15) is 15.0 Å². The van der Waals surface area contributed by atoms with Crippen molar-refractivity contribution in [3.05, 3.63) is 60.7 Å². The third-order valence-corrected chi connectivity index (χ3v) is 5.97. The number of hydrogen-bond acceptors (Lipinski definition) is 7. The van der Waals surface area contributed by atoms with E-state index in [2.05, 4.69) is 0 Å². The first-order chi connectivity index (χ1) is 16.4. The maximum atomic E-state index is 10.8. The van der Waals surface area contributed by atoms with Crippen molar-refractivity contribution in [3.8, 4) is 23.0 Å². The van der Waals surface area contributed by atoms with Gasteiger partial charge in [0.2, 0.25) is 5.75 Å². The van der Waals surface area contributed by atoms with Crippen LogP contribution in [0.5, 0.6) is 23.0 Å². The van der Waals surface area contributed by atoms with Crippen LogP contribution in [-0.2, 0) is 4.79 Å². The van der Waals surface area contributed by atoms with Gasteiger partial charge in [-0.05, 0) is 36.6 Å². The van der Waals surface area contributed by atoms with Gasteiger partial charge in [0, 0.05) is 12.3 Å². The van der Waals surface area contributed by atoms with Crippen LogP contribution in [0.2, 0.25) is 0 Å². The molecule has 4 rings (SSSR count). The molecule has 1 aliphatic heterocycles. The van der Waals surface area contributed by atoms with Crippen LogP contribution < -0.4 is 18.9 Å². The van der Waals surface area contributed by atoms with Crippen LogP contribution in [0.1, 0.15) is 19.8 Å². The number of para-hydroxylation sites is 2. The zero-order valence-corrected chi connectivity index (χ0v) is 18.9. The van der Waals surface area contributed by atoms with E-state index in [0.29, 0.717) is 30.9 Å². The van der Waals surface area contributed by atoms with Crippen molar-refractivity contribution in [1.29, 1.82) is 0 Å². The summed E-state index contributed by atoms with van der Waals surface area (Å²) in [6.07, 6.45) is 2.13. The van der Waals surface area contributed by atoms with Crippen molar-refractivity contribution in [2.75, 3.05) is 13.2 Å². The van der Waals surface area contributed by atoms with E-state index in [1.54, 1.807) is 30.4 Å². The summed E-state index contributed by atoms with van der Waals surface area (Å²) in [4.78, 5) is 10.8. The molecule has 3 N–H and O–H groups in total. The molecule has 34 heavy (non-hydrogen) atoms. The molecular formula is C26H30O8. The maximum absolute atomic E-state index is 10.8. The molecule has 0 bridgehead atoms. The van der Waals surface area contributed by atoms with Gasteiger partial charge in [-0.3, -0.25) is 0 Å². The molecule has 0 spiro atoms. The highest BCUT2D eigenvalue weighted by atomic mass is 16.6. The van der Waals surface area contributed by atoms with E-state index in [1.165, 1.54) is 0 Å². The van der Waals surface area contributed by atoms with Gasteiger partial charge < -0.3 is 34.3 Å². The third-order valence-electron chi connectivity index (χ3n) is 5.97. The van der Waals surface area contributed by atoms with Gasteiger partial charge in [-0.1, -0.05) is 43.3 Å². The van der Waals surface area contributed by atoms with Gasteiger partial charge in [-0.25, -0.2) is 4.79 Å². The van der Waals surface area contributed by atoms with Gasteiger partial charge in [-0.2, -0.15) is 0 Å². The normalized spacial score (nSPS) is 24.9. The summed E-state index contributed by atoms with van der Waals surface area (Å²) in [5, 5.41) is 30.0. The fourth-order valence-corrected chi connectivity index (χ4v) is 4.33. The van der Waals surface area contributed by atoms with Crippen molar-refractivity contribution in [2.45, 2.75) is 44.2 Å². The number of carbonyl (C=O) groups is 1. The van der Waals surface area contributed by atoms with Crippen molar-refractivity contribution in [3.63, 3.8) is 0 Å². The minimum absolute atomic E-state index is 0.131. The lowest BCUT2D eigenvalue weighted by Crippen LogP contribution is -2.39. The van der Waals surface area contributed by atoms with E-state index >= 15 is 0 Å². The van der Waals surface area contributed by atoms with Crippen LogP contribution in [0.25, 0.3) is 0 Å². The second-order valence-corrected chi connectivity index (χ2v) is 8.80. The van der Waals surface area contributed by atoms with Crippen molar-refractivity contribution >= 4 is 5.97 Å². The molecule has 2 aromatic rings. The Bertz CT molecular complexity index is 992. The Morgan fingerprint density at radius 3 is 2.71 bits per heavy atom. The van der Waals surface area contributed by atoms with Gasteiger partial charge >= 0.3 is 5.97 Å². The molecule has 8 heteroatoms. The number of carboxylic acid groups (broad SMARTS) is 1. The predicted octanol–water partition coefficient (Wildman–Crippen LogP) is 3.06. The molecule has 0 aromatic heterocycles. The summed E-state index contributed by atoms with van der Waals surface area (Å²) in [5.74, 6) is 0.546. The summed E-state index contributed by atoms with van der Waals surface area (Å²) >= 11 is 0. The second kappa shape index (κ2) is 10.8. The highest BCUT2D eigenvalue weighted by Gasteiger charge is 2.47. The lowest BCUT2D eigenvalue weighted by Gasteiger charge is -2.32. The number of ether oxygens (including phenoxy) is 4. The molecule has 0 saturated heterocycles. The average molecular weight is 471 g/mol. The zero-order valence-electron chi connectivity index (χ0n) is 18.9. The first-order valence-corrected chi connectivity index (χ1v) is 11.4. The second-order valence-electron chi connectivity index (χ2n) is 8.80. The predicted molar refractivity (Wildman–Crippen MR) is 123 cm³/mol. The molecule has 1 saturated carbocycles. The van der Waals surface area contributed by atoms with Crippen LogP contribution in [0.3, 0.4) is 0 Å². The summed E-state index contributed by atoms with van der Waals surface area (Å²) in [5.41, 5.74) is 0. The Morgan fingerprint density at radius 2 is 1.94 bits per heavy atom. The van der Waals surface area contributed by atoms with E-state index in [0.717, 1.165) is 5.75 Å². The van der Waals surface area contributed by atoms with Crippen LogP contribution in [0.15, 0.2) is 60.7 Å². The molecule has 8 nitrogen and oxygen atoms in total.